The quantitative estimate of drug-likeness (QED) is 0.649. The fourth-order valence-electron chi connectivity index (χ4n) is 3.48. The maximum atomic E-state index is 13.2. The van der Waals surface area contributed by atoms with Crippen LogP contribution in [0.2, 0.25) is 0 Å². The normalized spacial score (nSPS) is 15.1. The van der Waals surface area contributed by atoms with Crippen molar-refractivity contribution in [3.8, 4) is 11.3 Å². The van der Waals surface area contributed by atoms with Crippen LogP contribution in [0.15, 0.2) is 59.6 Å². The monoisotopic (exact) mass is 428 g/mol. The van der Waals surface area contributed by atoms with Gasteiger partial charge in [0.1, 0.15) is 5.82 Å². The van der Waals surface area contributed by atoms with Crippen LogP contribution in [0.25, 0.3) is 11.3 Å². The van der Waals surface area contributed by atoms with Crippen molar-refractivity contribution in [1.82, 2.24) is 14.5 Å². The summed E-state index contributed by atoms with van der Waals surface area (Å²) in [6, 6.07) is 11.9. The predicted octanol–water partition coefficient (Wildman–Crippen LogP) is 3.64. The number of carbonyl (C=O) groups excluding carboxylic acids is 1. The van der Waals surface area contributed by atoms with Crippen molar-refractivity contribution >= 4 is 21.6 Å². The van der Waals surface area contributed by atoms with Gasteiger partial charge >= 0.3 is 0 Å². The molecule has 0 atom stereocenters. The van der Waals surface area contributed by atoms with Crippen LogP contribution in [-0.4, -0.2) is 41.9 Å². The Morgan fingerprint density at radius 2 is 1.80 bits per heavy atom. The maximum absolute atomic E-state index is 13.2. The highest BCUT2D eigenvalue weighted by molar-refractivity contribution is 7.89. The molecule has 0 bridgehead atoms. The van der Waals surface area contributed by atoms with Crippen molar-refractivity contribution < 1.29 is 17.6 Å². The van der Waals surface area contributed by atoms with Crippen LogP contribution in [0.4, 0.5) is 10.1 Å². The van der Waals surface area contributed by atoms with Crippen LogP contribution >= 0.6 is 0 Å². The Kier molecular flexibility index (Phi) is 5.65. The Morgan fingerprint density at radius 1 is 1.07 bits per heavy atom. The van der Waals surface area contributed by atoms with Crippen LogP contribution in [0, 0.1) is 5.82 Å². The number of carbonyl (C=O) groups is 1. The molecule has 1 aliphatic heterocycles. The molecule has 1 aliphatic rings. The van der Waals surface area contributed by atoms with E-state index in [9.17, 15) is 17.6 Å². The predicted molar refractivity (Wildman–Crippen MR) is 111 cm³/mol. The van der Waals surface area contributed by atoms with Crippen molar-refractivity contribution in [2.45, 2.75) is 24.2 Å². The zero-order valence-electron chi connectivity index (χ0n) is 16.1. The Balaban J connectivity index is 1.56. The SMILES string of the molecule is O=C(Nc1cccc(S(=O)(=O)N2CCCCC2)c1)c1cn[nH]c1-c1ccc(F)cc1. The molecule has 1 amide bonds. The summed E-state index contributed by atoms with van der Waals surface area (Å²) < 4.78 is 40.4. The molecule has 0 unspecified atom stereocenters. The summed E-state index contributed by atoms with van der Waals surface area (Å²) in [6.07, 6.45) is 4.11. The highest BCUT2D eigenvalue weighted by Gasteiger charge is 2.26. The Bertz CT molecular complexity index is 1150. The molecule has 2 heterocycles. The fourth-order valence-corrected chi connectivity index (χ4v) is 5.05. The number of aromatic amines is 1. The van der Waals surface area contributed by atoms with Gasteiger partial charge in [0, 0.05) is 24.3 Å². The average molecular weight is 428 g/mol. The number of benzene rings is 2. The molecule has 30 heavy (non-hydrogen) atoms. The number of sulfonamides is 1. The summed E-state index contributed by atoms with van der Waals surface area (Å²) in [6.45, 7) is 1.02. The Labute approximate surface area is 174 Å². The number of hydrogen-bond donors (Lipinski definition) is 2. The standard InChI is InChI=1S/C21H21FN4O3S/c22-16-9-7-15(8-10-16)20-19(14-23-25-20)21(27)24-17-5-4-6-18(13-17)30(28,29)26-11-2-1-3-12-26/h4-10,13-14H,1-3,11-12H2,(H,23,25)(H,24,27). The zero-order chi connectivity index (χ0) is 21.1. The molecule has 9 heteroatoms. The van der Waals surface area contributed by atoms with E-state index in [-0.39, 0.29) is 16.3 Å². The van der Waals surface area contributed by atoms with Crippen molar-refractivity contribution in [3.05, 3.63) is 66.1 Å². The summed E-state index contributed by atoms with van der Waals surface area (Å²) in [5.74, 6) is -0.827. The van der Waals surface area contributed by atoms with Gasteiger partial charge in [-0.25, -0.2) is 12.8 Å². The molecular weight excluding hydrogens is 407 g/mol. The summed E-state index contributed by atoms with van der Waals surface area (Å²) in [5.41, 5.74) is 1.69. The molecule has 0 saturated carbocycles. The summed E-state index contributed by atoms with van der Waals surface area (Å²) >= 11 is 0. The minimum absolute atomic E-state index is 0.146. The number of nitrogens with zero attached hydrogens (tertiary/aromatic N) is 2. The maximum Gasteiger partial charge on any atom is 0.259 e. The van der Waals surface area contributed by atoms with Crippen LogP contribution in [0.5, 0.6) is 0 Å². The molecule has 156 valence electrons. The number of nitrogens with one attached hydrogen (secondary N) is 2. The second-order valence-corrected chi connectivity index (χ2v) is 9.05. The number of H-pyrrole nitrogens is 1. The first kappa shape index (κ1) is 20.2. The van der Waals surface area contributed by atoms with Gasteiger partial charge in [-0.1, -0.05) is 12.5 Å². The number of piperidine rings is 1. The molecule has 0 aliphatic carbocycles. The molecule has 4 rings (SSSR count). The Hall–Kier alpha value is -3.04. The molecule has 3 aromatic rings. The van der Waals surface area contributed by atoms with Gasteiger partial charge in [-0.05, 0) is 55.3 Å². The van der Waals surface area contributed by atoms with Gasteiger partial charge in [0.2, 0.25) is 10.0 Å². The highest BCUT2D eigenvalue weighted by atomic mass is 32.2. The third-order valence-corrected chi connectivity index (χ3v) is 6.96. The highest BCUT2D eigenvalue weighted by Crippen LogP contribution is 2.25. The van der Waals surface area contributed by atoms with E-state index in [0.29, 0.717) is 30.0 Å². The minimum atomic E-state index is -3.60. The molecule has 1 aromatic heterocycles. The van der Waals surface area contributed by atoms with Gasteiger partial charge in [-0.3, -0.25) is 9.89 Å². The van der Waals surface area contributed by atoms with E-state index in [1.54, 1.807) is 24.3 Å². The Morgan fingerprint density at radius 3 is 2.53 bits per heavy atom. The summed E-state index contributed by atoms with van der Waals surface area (Å²) in [5, 5.41) is 9.40. The number of halogens is 1. The van der Waals surface area contributed by atoms with Crippen molar-refractivity contribution in [2.24, 2.45) is 0 Å². The number of hydrogen-bond acceptors (Lipinski definition) is 4. The molecular formula is C21H21FN4O3S. The largest absolute Gasteiger partial charge is 0.322 e. The second kappa shape index (κ2) is 8.37. The van der Waals surface area contributed by atoms with Crippen molar-refractivity contribution in [3.63, 3.8) is 0 Å². The topological polar surface area (TPSA) is 95.2 Å². The minimum Gasteiger partial charge on any atom is -0.322 e. The molecule has 2 N–H and O–H groups in total. The number of amides is 1. The molecule has 0 spiro atoms. The lowest BCUT2D eigenvalue weighted by atomic mass is 10.1. The molecule has 1 fully saturated rings. The van der Waals surface area contributed by atoms with Crippen LogP contribution in [-0.2, 0) is 10.0 Å². The van der Waals surface area contributed by atoms with E-state index in [4.69, 9.17) is 0 Å². The molecule has 2 aromatic carbocycles. The third kappa shape index (κ3) is 4.12. The average Bonchev–Trinajstić information content (AvgIpc) is 3.25. The summed E-state index contributed by atoms with van der Waals surface area (Å²) in [7, 11) is -3.60. The fraction of sp³-hybridized carbons (Fsp3) is 0.238. The van der Waals surface area contributed by atoms with E-state index in [2.05, 4.69) is 15.5 Å². The van der Waals surface area contributed by atoms with Crippen molar-refractivity contribution in [2.75, 3.05) is 18.4 Å². The van der Waals surface area contributed by atoms with E-state index >= 15 is 0 Å². The molecule has 0 radical (unpaired) electrons. The van der Waals surface area contributed by atoms with Gasteiger partial charge in [0.05, 0.1) is 22.3 Å². The lowest BCUT2D eigenvalue weighted by Crippen LogP contribution is -2.35. The molecule has 7 nitrogen and oxygen atoms in total. The lowest BCUT2D eigenvalue weighted by molar-refractivity contribution is 0.102. The van der Waals surface area contributed by atoms with E-state index < -0.39 is 15.9 Å². The van der Waals surface area contributed by atoms with Crippen LogP contribution in [0.3, 0.4) is 0 Å². The van der Waals surface area contributed by atoms with E-state index in [1.165, 1.54) is 34.8 Å². The zero-order valence-corrected chi connectivity index (χ0v) is 17.0. The first-order valence-corrected chi connectivity index (χ1v) is 11.1. The lowest BCUT2D eigenvalue weighted by Gasteiger charge is -2.26. The van der Waals surface area contributed by atoms with Crippen molar-refractivity contribution in [1.29, 1.82) is 0 Å². The second-order valence-electron chi connectivity index (χ2n) is 7.11. The van der Waals surface area contributed by atoms with Gasteiger partial charge in [-0.2, -0.15) is 9.40 Å². The number of rotatable bonds is 5. The first-order chi connectivity index (χ1) is 14.4. The number of anilines is 1. The van der Waals surface area contributed by atoms with Gasteiger partial charge in [0.25, 0.3) is 5.91 Å². The third-order valence-electron chi connectivity index (χ3n) is 5.06. The van der Waals surface area contributed by atoms with Crippen LogP contribution in [0.1, 0.15) is 29.6 Å². The smallest absolute Gasteiger partial charge is 0.259 e. The van der Waals surface area contributed by atoms with E-state index in [0.717, 1.165) is 19.3 Å². The van der Waals surface area contributed by atoms with Gasteiger partial charge in [-0.15, -0.1) is 0 Å². The van der Waals surface area contributed by atoms with Gasteiger partial charge in [0.15, 0.2) is 0 Å². The van der Waals surface area contributed by atoms with E-state index in [1.807, 2.05) is 0 Å². The number of aromatic nitrogens is 2. The van der Waals surface area contributed by atoms with Crippen LogP contribution < -0.4 is 5.32 Å². The first-order valence-electron chi connectivity index (χ1n) is 9.66. The summed E-state index contributed by atoms with van der Waals surface area (Å²) in [4.78, 5) is 12.9. The van der Waals surface area contributed by atoms with Gasteiger partial charge < -0.3 is 5.32 Å². The molecule has 1 saturated heterocycles.